The first kappa shape index (κ1) is 11.1. The zero-order chi connectivity index (χ0) is 12.1. The van der Waals surface area contributed by atoms with E-state index in [2.05, 4.69) is 11.8 Å². The first-order valence-corrected chi connectivity index (χ1v) is 5.30. The van der Waals surface area contributed by atoms with Crippen LogP contribution in [0.1, 0.15) is 5.56 Å². The SMILES string of the molecule is N#C/C(=C/c1ccc([NH3+])cc1)[n+]1ccccc1. The minimum atomic E-state index is 0.586. The van der Waals surface area contributed by atoms with Crippen molar-refractivity contribution in [2.75, 3.05) is 0 Å². The summed E-state index contributed by atoms with van der Waals surface area (Å²) < 4.78 is 1.79. The molecule has 1 aromatic carbocycles. The van der Waals surface area contributed by atoms with Crippen LogP contribution < -0.4 is 10.3 Å². The predicted molar refractivity (Wildman–Crippen MR) is 65.4 cm³/mol. The Kier molecular flexibility index (Phi) is 3.29. The highest BCUT2D eigenvalue weighted by atomic mass is 14.9. The molecule has 3 nitrogen and oxygen atoms in total. The van der Waals surface area contributed by atoms with E-state index in [0.29, 0.717) is 5.70 Å². The van der Waals surface area contributed by atoms with Gasteiger partial charge in [-0.25, -0.2) is 0 Å². The van der Waals surface area contributed by atoms with Gasteiger partial charge in [-0.05, 0) is 29.8 Å². The van der Waals surface area contributed by atoms with Crippen LogP contribution in [0, 0.1) is 11.3 Å². The lowest BCUT2D eigenvalue weighted by molar-refractivity contribution is -0.576. The van der Waals surface area contributed by atoms with Crippen molar-refractivity contribution in [3.8, 4) is 6.07 Å². The molecule has 0 amide bonds. The maximum atomic E-state index is 9.14. The molecule has 17 heavy (non-hydrogen) atoms. The largest absolute Gasteiger partial charge is 0.325 e. The number of hydrogen-bond acceptors (Lipinski definition) is 1. The molecule has 0 aliphatic heterocycles. The molecule has 0 spiro atoms. The second-order valence-electron chi connectivity index (χ2n) is 3.67. The maximum Gasteiger partial charge on any atom is 0.289 e. The van der Waals surface area contributed by atoms with Gasteiger partial charge in [-0.3, -0.25) is 0 Å². The summed E-state index contributed by atoms with van der Waals surface area (Å²) >= 11 is 0. The number of benzene rings is 1. The monoisotopic (exact) mass is 223 g/mol. The van der Waals surface area contributed by atoms with Gasteiger partial charge in [0.2, 0.25) is 0 Å². The molecule has 0 unspecified atom stereocenters. The molecule has 0 radical (unpaired) electrons. The number of hydrogen-bond donors (Lipinski definition) is 1. The first-order chi connectivity index (χ1) is 8.29. The van der Waals surface area contributed by atoms with E-state index < -0.39 is 0 Å². The molecule has 1 heterocycles. The summed E-state index contributed by atoms with van der Waals surface area (Å²) in [6.45, 7) is 0. The predicted octanol–water partition coefficient (Wildman–Crippen LogP) is 1.37. The van der Waals surface area contributed by atoms with E-state index >= 15 is 0 Å². The second kappa shape index (κ2) is 5.06. The van der Waals surface area contributed by atoms with Crippen LogP contribution >= 0.6 is 0 Å². The smallest absolute Gasteiger partial charge is 0.289 e. The molecule has 0 saturated carbocycles. The fraction of sp³-hybridized carbons (Fsp3) is 0. The lowest BCUT2D eigenvalue weighted by atomic mass is 10.2. The molecule has 0 atom stereocenters. The summed E-state index contributed by atoms with van der Waals surface area (Å²) in [6.07, 6.45) is 5.55. The highest BCUT2D eigenvalue weighted by Gasteiger charge is 2.07. The molecule has 2 aromatic rings. The van der Waals surface area contributed by atoms with Gasteiger partial charge >= 0.3 is 0 Å². The van der Waals surface area contributed by atoms with Crippen molar-refractivity contribution in [2.24, 2.45) is 0 Å². The lowest BCUT2D eigenvalue weighted by Gasteiger charge is -1.94. The van der Waals surface area contributed by atoms with Crippen molar-refractivity contribution >= 4 is 17.5 Å². The summed E-state index contributed by atoms with van der Waals surface area (Å²) in [5, 5.41) is 9.14. The number of nitriles is 1. The van der Waals surface area contributed by atoms with Crippen LogP contribution in [-0.2, 0) is 0 Å². The van der Waals surface area contributed by atoms with Crippen LogP contribution in [0.25, 0.3) is 11.8 Å². The zero-order valence-corrected chi connectivity index (χ0v) is 9.38. The highest BCUT2D eigenvalue weighted by molar-refractivity contribution is 5.73. The van der Waals surface area contributed by atoms with Gasteiger partial charge < -0.3 is 5.73 Å². The van der Waals surface area contributed by atoms with Crippen LogP contribution in [0.15, 0.2) is 54.9 Å². The van der Waals surface area contributed by atoms with Crippen LogP contribution in [0.5, 0.6) is 0 Å². The quantitative estimate of drug-likeness (QED) is 0.606. The lowest BCUT2D eigenvalue weighted by Crippen LogP contribution is -2.39. The number of nitrogens with zero attached hydrogens (tertiary/aromatic N) is 2. The number of allylic oxidation sites excluding steroid dienone is 1. The Morgan fingerprint density at radius 3 is 2.35 bits per heavy atom. The molecule has 3 N–H and O–H groups in total. The molecule has 0 fully saturated rings. The minimum absolute atomic E-state index is 0.586. The normalized spacial score (nSPS) is 10.9. The van der Waals surface area contributed by atoms with Crippen LogP contribution in [0.3, 0.4) is 0 Å². The van der Waals surface area contributed by atoms with Crippen LogP contribution in [0.4, 0.5) is 5.69 Å². The summed E-state index contributed by atoms with van der Waals surface area (Å²) in [7, 11) is 0. The van der Waals surface area contributed by atoms with Gasteiger partial charge in [0.25, 0.3) is 5.70 Å². The summed E-state index contributed by atoms with van der Waals surface area (Å²) in [4.78, 5) is 0. The molecule has 0 aliphatic rings. The second-order valence-corrected chi connectivity index (χ2v) is 3.67. The van der Waals surface area contributed by atoms with E-state index in [9.17, 15) is 0 Å². The molecule has 0 bridgehead atoms. The Labute approximate surface area is 100 Å². The van der Waals surface area contributed by atoms with Gasteiger partial charge in [-0.1, -0.05) is 6.07 Å². The highest BCUT2D eigenvalue weighted by Crippen LogP contribution is 2.08. The topological polar surface area (TPSA) is 55.3 Å². The maximum absolute atomic E-state index is 9.14. The molecule has 2 rings (SSSR count). The van der Waals surface area contributed by atoms with Crippen molar-refractivity contribution in [2.45, 2.75) is 0 Å². The van der Waals surface area contributed by atoms with Crippen molar-refractivity contribution in [1.82, 2.24) is 0 Å². The van der Waals surface area contributed by atoms with Crippen molar-refractivity contribution in [1.29, 1.82) is 5.26 Å². The number of rotatable bonds is 2. The molecule has 3 heteroatoms. The number of quaternary nitrogens is 1. The summed E-state index contributed by atoms with van der Waals surface area (Å²) in [5.41, 5.74) is 6.37. The Morgan fingerprint density at radius 1 is 1.12 bits per heavy atom. The number of pyridine rings is 1. The molecular weight excluding hydrogens is 210 g/mol. The van der Waals surface area contributed by atoms with E-state index in [1.54, 1.807) is 4.57 Å². The molecule has 82 valence electrons. The van der Waals surface area contributed by atoms with E-state index in [1.165, 1.54) is 0 Å². The Hall–Kier alpha value is -2.44. The average Bonchev–Trinajstić information content (AvgIpc) is 2.39. The van der Waals surface area contributed by atoms with Crippen molar-refractivity contribution < 1.29 is 10.3 Å². The Morgan fingerprint density at radius 2 is 1.76 bits per heavy atom. The minimum Gasteiger partial charge on any atom is -0.325 e. The van der Waals surface area contributed by atoms with E-state index in [-0.39, 0.29) is 0 Å². The third kappa shape index (κ3) is 2.77. The standard InChI is InChI=1S/C14H12N3/c15-11-14(17-8-2-1-3-9-17)10-12-4-6-13(16)7-5-12/h1-10H,16H2/q+1/p+1/b14-10-. The van der Waals surface area contributed by atoms with Gasteiger partial charge in [0, 0.05) is 18.2 Å². The molecule has 0 saturated heterocycles. The Bertz CT molecular complexity index is 563. The molecule has 1 aromatic heterocycles. The third-order valence-corrected chi connectivity index (χ3v) is 2.39. The van der Waals surface area contributed by atoms with Crippen LogP contribution in [0.2, 0.25) is 0 Å². The zero-order valence-electron chi connectivity index (χ0n) is 9.38. The first-order valence-electron chi connectivity index (χ1n) is 5.30. The van der Waals surface area contributed by atoms with Gasteiger partial charge in [0.05, 0.1) is 0 Å². The van der Waals surface area contributed by atoms with Crippen LogP contribution in [-0.4, -0.2) is 0 Å². The molecule has 0 aliphatic carbocycles. The van der Waals surface area contributed by atoms with E-state index in [0.717, 1.165) is 11.3 Å². The van der Waals surface area contributed by atoms with Gasteiger partial charge in [0.15, 0.2) is 18.5 Å². The van der Waals surface area contributed by atoms with E-state index in [1.807, 2.05) is 60.9 Å². The summed E-state index contributed by atoms with van der Waals surface area (Å²) in [5.74, 6) is 0. The third-order valence-electron chi connectivity index (χ3n) is 2.39. The van der Waals surface area contributed by atoms with Crippen molar-refractivity contribution in [3.63, 3.8) is 0 Å². The van der Waals surface area contributed by atoms with Gasteiger partial charge in [0.1, 0.15) is 5.69 Å². The number of aromatic nitrogens is 1. The van der Waals surface area contributed by atoms with E-state index in [4.69, 9.17) is 5.26 Å². The van der Waals surface area contributed by atoms with Gasteiger partial charge in [-0.2, -0.15) is 9.83 Å². The average molecular weight is 223 g/mol. The fourth-order valence-corrected chi connectivity index (χ4v) is 1.50. The molecular formula is C14H13N3+2. The van der Waals surface area contributed by atoms with Gasteiger partial charge in [-0.15, -0.1) is 0 Å². The van der Waals surface area contributed by atoms with Crippen molar-refractivity contribution in [3.05, 3.63) is 60.4 Å². The Balaban J connectivity index is 2.37. The summed E-state index contributed by atoms with van der Waals surface area (Å²) in [6, 6.07) is 15.6. The fourth-order valence-electron chi connectivity index (χ4n) is 1.50.